The minimum absolute atomic E-state index is 0.0644. The van der Waals surface area contributed by atoms with E-state index in [0.717, 1.165) is 11.8 Å². The Bertz CT molecular complexity index is 1170. The fourth-order valence-electron chi connectivity index (χ4n) is 3.80. The van der Waals surface area contributed by atoms with Crippen molar-refractivity contribution in [3.63, 3.8) is 0 Å². The second-order valence-corrected chi connectivity index (χ2v) is 11.3. The van der Waals surface area contributed by atoms with Gasteiger partial charge in [-0.3, -0.25) is 13.9 Å². The first-order chi connectivity index (χ1) is 16.8. The maximum atomic E-state index is 13.3. The summed E-state index contributed by atoms with van der Waals surface area (Å²) in [7, 11) is -2.04. The lowest BCUT2D eigenvalue weighted by Gasteiger charge is -2.30. The first kappa shape index (κ1) is 29.5. The number of sulfonamides is 1. The molecule has 0 aliphatic rings. The van der Waals surface area contributed by atoms with Crippen LogP contribution in [0.2, 0.25) is 5.02 Å². The standard InChI is InChI=1S/C26H36ClN3O5S/c1-18(2)28-26(32)20(4)29(17-21-10-7-11-22(16-21)35-5)25(31)14-9-15-30(36(6,33)34)24-13-8-12-23(27)19(24)3/h7-8,10-13,16,18,20H,9,14-15,17H2,1-6H3,(H,28,32)/t20-/m1/s1. The zero-order valence-corrected chi connectivity index (χ0v) is 23.3. The monoisotopic (exact) mass is 537 g/mol. The van der Waals surface area contributed by atoms with Gasteiger partial charge >= 0.3 is 0 Å². The third-order valence-electron chi connectivity index (χ3n) is 5.75. The quantitative estimate of drug-likeness (QED) is 0.439. The Labute approximate surface area is 219 Å². The van der Waals surface area contributed by atoms with Crippen LogP contribution in [0.25, 0.3) is 0 Å². The molecular weight excluding hydrogens is 502 g/mol. The summed E-state index contributed by atoms with van der Waals surface area (Å²) in [6.45, 7) is 7.48. The van der Waals surface area contributed by atoms with Crippen molar-refractivity contribution in [1.29, 1.82) is 0 Å². The van der Waals surface area contributed by atoms with Crippen molar-refractivity contribution < 1.29 is 22.7 Å². The van der Waals surface area contributed by atoms with Crippen LogP contribution in [0.4, 0.5) is 5.69 Å². The van der Waals surface area contributed by atoms with E-state index in [1.165, 1.54) is 9.21 Å². The zero-order chi connectivity index (χ0) is 27.0. The highest BCUT2D eigenvalue weighted by molar-refractivity contribution is 7.92. The summed E-state index contributed by atoms with van der Waals surface area (Å²) in [4.78, 5) is 27.6. The van der Waals surface area contributed by atoms with E-state index in [4.69, 9.17) is 16.3 Å². The third kappa shape index (κ3) is 8.13. The number of ether oxygens (including phenoxy) is 1. The van der Waals surface area contributed by atoms with Crippen LogP contribution in [0.15, 0.2) is 42.5 Å². The van der Waals surface area contributed by atoms with E-state index < -0.39 is 16.1 Å². The number of benzene rings is 2. The molecule has 10 heteroatoms. The molecule has 1 N–H and O–H groups in total. The molecule has 0 spiro atoms. The van der Waals surface area contributed by atoms with Crippen LogP contribution in [0.3, 0.4) is 0 Å². The van der Waals surface area contributed by atoms with Gasteiger partial charge in [-0.2, -0.15) is 0 Å². The van der Waals surface area contributed by atoms with Crippen LogP contribution in [0.1, 0.15) is 44.7 Å². The lowest BCUT2D eigenvalue weighted by molar-refractivity contribution is -0.140. The van der Waals surface area contributed by atoms with E-state index in [1.54, 1.807) is 39.2 Å². The van der Waals surface area contributed by atoms with E-state index in [9.17, 15) is 18.0 Å². The van der Waals surface area contributed by atoms with E-state index in [1.807, 2.05) is 38.1 Å². The summed E-state index contributed by atoms with van der Waals surface area (Å²) in [5, 5.41) is 3.32. The molecule has 2 aromatic rings. The number of hydrogen-bond acceptors (Lipinski definition) is 5. The number of anilines is 1. The molecule has 0 saturated heterocycles. The normalized spacial score (nSPS) is 12.2. The Kier molecular flexibility index (Phi) is 10.6. The van der Waals surface area contributed by atoms with Gasteiger partial charge in [0.1, 0.15) is 11.8 Å². The van der Waals surface area contributed by atoms with Gasteiger partial charge in [0.15, 0.2) is 0 Å². The maximum Gasteiger partial charge on any atom is 0.242 e. The van der Waals surface area contributed by atoms with E-state index in [-0.39, 0.29) is 43.8 Å². The fourth-order valence-corrected chi connectivity index (χ4v) is 4.99. The summed E-state index contributed by atoms with van der Waals surface area (Å²) in [5.41, 5.74) is 1.95. The Morgan fingerprint density at radius 1 is 1.11 bits per heavy atom. The number of amides is 2. The third-order valence-corrected chi connectivity index (χ3v) is 7.33. The predicted molar refractivity (Wildman–Crippen MR) is 144 cm³/mol. The van der Waals surface area contributed by atoms with Crippen LogP contribution in [-0.2, 0) is 26.2 Å². The average Bonchev–Trinajstić information content (AvgIpc) is 2.80. The molecule has 2 rings (SSSR count). The molecule has 198 valence electrons. The van der Waals surface area contributed by atoms with Crippen LogP contribution in [-0.4, -0.2) is 57.1 Å². The Hall–Kier alpha value is -2.78. The molecule has 0 aliphatic carbocycles. The highest BCUT2D eigenvalue weighted by Gasteiger charge is 2.27. The smallest absolute Gasteiger partial charge is 0.242 e. The highest BCUT2D eigenvalue weighted by Crippen LogP contribution is 2.28. The molecule has 0 heterocycles. The SMILES string of the molecule is COc1cccc(CN(C(=O)CCCN(c2cccc(Cl)c2C)S(C)(=O)=O)[C@H](C)C(=O)NC(C)C)c1. The maximum absolute atomic E-state index is 13.3. The predicted octanol–water partition coefficient (Wildman–Crippen LogP) is 4.15. The van der Waals surface area contributed by atoms with Gasteiger partial charge < -0.3 is 15.0 Å². The molecule has 1 atom stereocenters. The van der Waals surface area contributed by atoms with Crippen molar-refractivity contribution in [3.05, 3.63) is 58.6 Å². The summed E-state index contributed by atoms with van der Waals surface area (Å²) in [5.74, 6) is 0.147. The van der Waals surface area contributed by atoms with E-state index in [2.05, 4.69) is 5.32 Å². The average molecular weight is 538 g/mol. The van der Waals surface area contributed by atoms with Crippen LogP contribution in [0.5, 0.6) is 5.75 Å². The highest BCUT2D eigenvalue weighted by atomic mass is 35.5. The van der Waals surface area contributed by atoms with Gasteiger partial charge in [-0.05, 0) is 69.5 Å². The molecule has 0 aliphatic heterocycles. The van der Waals surface area contributed by atoms with Crippen molar-refractivity contribution >= 4 is 39.1 Å². The second-order valence-electron chi connectivity index (χ2n) is 9.04. The Morgan fingerprint density at radius 3 is 2.39 bits per heavy atom. The van der Waals surface area contributed by atoms with Crippen molar-refractivity contribution in [1.82, 2.24) is 10.2 Å². The van der Waals surface area contributed by atoms with Gasteiger partial charge in [0.2, 0.25) is 21.8 Å². The molecular formula is C26H36ClN3O5S. The van der Waals surface area contributed by atoms with E-state index >= 15 is 0 Å². The minimum Gasteiger partial charge on any atom is -0.497 e. The molecule has 2 amide bonds. The number of rotatable bonds is 12. The first-order valence-electron chi connectivity index (χ1n) is 11.8. The largest absolute Gasteiger partial charge is 0.497 e. The van der Waals surface area contributed by atoms with Crippen LogP contribution >= 0.6 is 11.6 Å². The van der Waals surface area contributed by atoms with E-state index in [0.29, 0.717) is 22.0 Å². The number of nitrogens with one attached hydrogen (secondary N) is 1. The number of carbonyl (C=O) groups is 2. The molecule has 0 radical (unpaired) electrons. The van der Waals surface area contributed by atoms with Gasteiger partial charge in [0, 0.05) is 30.6 Å². The lowest BCUT2D eigenvalue weighted by Crippen LogP contribution is -2.49. The van der Waals surface area contributed by atoms with Gasteiger partial charge in [-0.25, -0.2) is 8.42 Å². The minimum atomic E-state index is -3.60. The molecule has 2 aromatic carbocycles. The number of carbonyl (C=O) groups excluding carboxylic acids is 2. The van der Waals surface area contributed by atoms with Gasteiger partial charge in [-0.15, -0.1) is 0 Å². The van der Waals surface area contributed by atoms with Gasteiger partial charge in [0.25, 0.3) is 0 Å². The molecule has 0 unspecified atom stereocenters. The van der Waals surface area contributed by atoms with Crippen molar-refractivity contribution in [3.8, 4) is 5.75 Å². The number of nitrogens with zero attached hydrogens (tertiary/aromatic N) is 2. The zero-order valence-electron chi connectivity index (χ0n) is 21.7. The summed E-state index contributed by atoms with van der Waals surface area (Å²) < 4.78 is 31.6. The van der Waals surface area contributed by atoms with Gasteiger partial charge in [0.05, 0.1) is 19.1 Å². The summed E-state index contributed by atoms with van der Waals surface area (Å²) >= 11 is 6.20. The lowest BCUT2D eigenvalue weighted by atomic mass is 10.1. The number of hydrogen-bond donors (Lipinski definition) is 1. The second kappa shape index (κ2) is 13.0. The number of halogens is 1. The van der Waals surface area contributed by atoms with Crippen molar-refractivity contribution in [2.75, 3.05) is 24.2 Å². The Morgan fingerprint density at radius 2 is 1.78 bits per heavy atom. The molecule has 0 fully saturated rings. The molecule has 8 nitrogen and oxygen atoms in total. The topological polar surface area (TPSA) is 96.0 Å². The molecule has 0 bridgehead atoms. The Balaban J connectivity index is 2.22. The van der Waals surface area contributed by atoms with Gasteiger partial charge in [-0.1, -0.05) is 29.8 Å². The van der Waals surface area contributed by atoms with Crippen LogP contribution in [0, 0.1) is 6.92 Å². The van der Waals surface area contributed by atoms with Crippen molar-refractivity contribution in [2.45, 2.75) is 59.2 Å². The van der Waals surface area contributed by atoms with Crippen molar-refractivity contribution in [2.24, 2.45) is 0 Å². The first-order valence-corrected chi connectivity index (χ1v) is 14.0. The molecule has 36 heavy (non-hydrogen) atoms. The fraction of sp³-hybridized carbons (Fsp3) is 0.462. The molecule has 0 aromatic heterocycles. The number of methoxy groups -OCH3 is 1. The molecule has 0 saturated carbocycles. The van der Waals surface area contributed by atoms with Crippen LogP contribution < -0.4 is 14.4 Å². The summed E-state index contributed by atoms with van der Waals surface area (Å²) in [6, 6.07) is 11.6. The summed E-state index contributed by atoms with van der Waals surface area (Å²) in [6.07, 6.45) is 1.46.